The van der Waals surface area contributed by atoms with Crippen molar-refractivity contribution in [1.82, 2.24) is 0 Å². The van der Waals surface area contributed by atoms with E-state index in [0.717, 1.165) is 6.54 Å². The van der Waals surface area contributed by atoms with Crippen molar-refractivity contribution >= 4 is 5.69 Å². The molecule has 0 spiro atoms. The Hall–Kier alpha value is -1.02. The van der Waals surface area contributed by atoms with E-state index in [1.54, 1.807) is 0 Å². The third kappa shape index (κ3) is 2.71. The van der Waals surface area contributed by atoms with Crippen LogP contribution in [-0.4, -0.2) is 12.1 Å². The Kier molecular flexibility index (Phi) is 4.43. The highest BCUT2D eigenvalue weighted by atomic mass is 15.2. The fourth-order valence-electron chi connectivity index (χ4n) is 3.64. The quantitative estimate of drug-likeness (QED) is 0.884. The lowest BCUT2D eigenvalue weighted by molar-refractivity contribution is 0.373. The molecule has 0 fully saturated rings. The Morgan fingerprint density at radius 1 is 1.35 bits per heavy atom. The summed E-state index contributed by atoms with van der Waals surface area (Å²) in [7, 11) is 0. The summed E-state index contributed by atoms with van der Waals surface area (Å²) in [5, 5.41) is 0. The van der Waals surface area contributed by atoms with Gasteiger partial charge >= 0.3 is 0 Å². The Morgan fingerprint density at radius 3 is 2.65 bits per heavy atom. The third-order valence-corrected chi connectivity index (χ3v) is 4.80. The second-order valence-electron chi connectivity index (χ2n) is 6.96. The monoisotopic (exact) mass is 274 g/mol. The first-order valence-corrected chi connectivity index (χ1v) is 8.01. The van der Waals surface area contributed by atoms with E-state index in [1.807, 2.05) is 0 Å². The van der Waals surface area contributed by atoms with Crippen LogP contribution in [0.2, 0.25) is 0 Å². The molecule has 2 N–H and O–H groups in total. The molecule has 0 saturated heterocycles. The summed E-state index contributed by atoms with van der Waals surface area (Å²) in [6.45, 7) is 13.4. The molecule has 0 saturated carbocycles. The second-order valence-corrected chi connectivity index (χ2v) is 6.96. The van der Waals surface area contributed by atoms with Gasteiger partial charge in [-0.3, -0.25) is 0 Å². The zero-order valence-corrected chi connectivity index (χ0v) is 13.8. The average molecular weight is 274 g/mol. The van der Waals surface area contributed by atoms with Gasteiger partial charge in [0, 0.05) is 24.3 Å². The van der Waals surface area contributed by atoms with Gasteiger partial charge in [0.15, 0.2) is 0 Å². The number of nitrogens with zero attached hydrogens (tertiary/aromatic N) is 1. The minimum atomic E-state index is 0.248. The largest absolute Gasteiger partial charge is 0.366 e. The summed E-state index contributed by atoms with van der Waals surface area (Å²) >= 11 is 0. The third-order valence-electron chi connectivity index (χ3n) is 4.80. The van der Waals surface area contributed by atoms with Crippen LogP contribution in [-0.2, 0) is 6.54 Å². The smallest absolute Gasteiger partial charge is 0.0408 e. The Labute approximate surface area is 124 Å². The van der Waals surface area contributed by atoms with Gasteiger partial charge in [0.25, 0.3) is 0 Å². The molecule has 1 aromatic carbocycles. The molecular weight excluding hydrogens is 244 g/mol. The average Bonchev–Trinajstić information content (AvgIpc) is 2.37. The van der Waals surface area contributed by atoms with E-state index in [2.05, 4.69) is 51.7 Å². The number of unbranched alkanes of at least 4 members (excludes halogenated alkanes) is 1. The lowest BCUT2D eigenvalue weighted by Gasteiger charge is -2.48. The molecule has 1 aromatic rings. The fraction of sp³-hybridized carbons (Fsp3) is 0.667. The maximum Gasteiger partial charge on any atom is 0.0408 e. The van der Waals surface area contributed by atoms with Crippen molar-refractivity contribution in [2.24, 2.45) is 5.73 Å². The van der Waals surface area contributed by atoms with Gasteiger partial charge in [0.1, 0.15) is 0 Å². The standard InChI is InChI=1S/C18H30N2/c1-6-7-8-20-17-9-13(2)15(12-19)10-16(17)14(3)11-18(20,4)5/h9-10,14H,6-8,11-12,19H2,1-5H3/t14-/m1/s1. The molecule has 0 radical (unpaired) electrons. The minimum absolute atomic E-state index is 0.248. The number of anilines is 1. The topological polar surface area (TPSA) is 29.3 Å². The Morgan fingerprint density at radius 2 is 2.05 bits per heavy atom. The van der Waals surface area contributed by atoms with Crippen LogP contribution in [0.25, 0.3) is 0 Å². The van der Waals surface area contributed by atoms with E-state index >= 15 is 0 Å². The molecular formula is C18H30N2. The van der Waals surface area contributed by atoms with E-state index in [-0.39, 0.29) is 5.54 Å². The van der Waals surface area contributed by atoms with Gasteiger partial charge in [-0.1, -0.05) is 26.3 Å². The van der Waals surface area contributed by atoms with Crippen LogP contribution in [0.5, 0.6) is 0 Å². The van der Waals surface area contributed by atoms with Gasteiger partial charge in [-0.15, -0.1) is 0 Å². The molecule has 0 aromatic heterocycles. The van der Waals surface area contributed by atoms with Crippen LogP contribution < -0.4 is 10.6 Å². The molecule has 2 heteroatoms. The SMILES string of the molecule is CCCCN1c2cc(C)c(CN)cc2[C@H](C)CC1(C)C. The fourth-order valence-corrected chi connectivity index (χ4v) is 3.64. The lowest BCUT2D eigenvalue weighted by atomic mass is 9.79. The van der Waals surface area contributed by atoms with Crippen LogP contribution in [0.1, 0.15) is 69.6 Å². The first-order chi connectivity index (χ1) is 9.40. The lowest BCUT2D eigenvalue weighted by Crippen LogP contribution is -2.48. The summed E-state index contributed by atoms with van der Waals surface area (Å²) in [6.07, 6.45) is 3.73. The van der Waals surface area contributed by atoms with E-state index in [1.165, 1.54) is 41.6 Å². The number of aryl methyl sites for hydroxylation is 1. The van der Waals surface area contributed by atoms with Crippen molar-refractivity contribution < 1.29 is 0 Å². The van der Waals surface area contributed by atoms with Gasteiger partial charge in [-0.2, -0.15) is 0 Å². The maximum absolute atomic E-state index is 5.88. The molecule has 0 aliphatic carbocycles. The minimum Gasteiger partial charge on any atom is -0.366 e. The Balaban J connectivity index is 2.49. The summed E-state index contributed by atoms with van der Waals surface area (Å²) in [6, 6.07) is 4.72. The molecule has 112 valence electrons. The van der Waals surface area contributed by atoms with Crippen molar-refractivity contribution in [2.75, 3.05) is 11.4 Å². The highest BCUT2D eigenvalue weighted by molar-refractivity contribution is 5.62. The predicted octanol–water partition coefficient (Wildman–Crippen LogP) is 4.35. The van der Waals surface area contributed by atoms with Gasteiger partial charge < -0.3 is 10.6 Å². The first kappa shape index (κ1) is 15.4. The zero-order chi connectivity index (χ0) is 14.9. The number of hydrogen-bond acceptors (Lipinski definition) is 2. The maximum atomic E-state index is 5.88. The molecule has 0 bridgehead atoms. The molecule has 1 aliphatic rings. The van der Waals surface area contributed by atoms with Crippen LogP contribution >= 0.6 is 0 Å². The normalized spacial score (nSPS) is 20.9. The van der Waals surface area contributed by atoms with Gasteiger partial charge in [0.05, 0.1) is 0 Å². The van der Waals surface area contributed by atoms with Gasteiger partial charge in [-0.05, 0) is 62.3 Å². The number of benzene rings is 1. The molecule has 0 unspecified atom stereocenters. The van der Waals surface area contributed by atoms with Crippen molar-refractivity contribution in [3.8, 4) is 0 Å². The summed E-state index contributed by atoms with van der Waals surface area (Å²) in [5.41, 5.74) is 11.7. The van der Waals surface area contributed by atoms with E-state index in [9.17, 15) is 0 Å². The van der Waals surface area contributed by atoms with Crippen molar-refractivity contribution in [1.29, 1.82) is 0 Å². The number of fused-ring (bicyclic) bond motifs is 1. The summed E-state index contributed by atoms with van der Waals surface area (Å²) in [5.74, 6) is 0.615. The first-order valence-electron chi connectivity index (χ1n) is 8.01. The molecule has 1 heterocycles. The Bertz CT molecular complexity index is 477. The molecule has 0 amide bonds. The second kappa shape index (κ2) is 5.77. The molecule has 20 heavy (non-hydrogen) atoms. The summed E-state index contributed by atoms with van der Waals surface area (Å²) < 4.78 is 0. The van der Waals surface area contributed by atoms with Crippen molar-refractivity contribution in [3.63, 3.8) is 0 Å². The molecule has 1 atom stereocenters. The zero-order valence-electron chi connectivity index (χ0n) is 13.8. The van der Waals surface area contributed by atoms with E-state index < -0.39 is 0 Å². The number of rotatable bonds is 4. The molecule has 1 aliphatic heterocycles. The summed E-state index contributed by atoms with van der Waals surface area (Å²) in [4.78, 5) is 2.62. The van der Waals surface area contributed by atoms with Crippen LogP contribution in [0.3, 0.4) is 0 Å². The van der Waals surface area contributed by atoms with E-state index in [0.29, 0.717) is 12.5 Å². The van der Waals surface area contributed by atoms with Crippen molar-refractivity contribution in [2.45, 2.75) is 71.9 Å². The number of hydrogen-bond donors (Lipinski definition) is 1. The predicted molar refractivity (Wildman–Crippen MR) is 88.4 cm³/mol. The van der Waals surface area contributed by atoms with Gasteiger partial charge in [0.2, 0.25) is 0 Å². The van der Waals surface area contributed by atoms with E-state index in [4.69, 9.17) is 5.73 Å². The molecule has 2 rings (SSSR count). The highest BCUT2D eigenvalue weighted by Crippen LogP contribution is 2.44. The molecule has 2 nitrogen and oxygen atoms in total. The van der Waals surface area contributed by atoms with Gasteiger partial charge in [-0.25, -0.2) is 0 Å². The van der Waals surface area contributed by atoms with Crippen LogP contribution in [0.15, 0.2) is 12.1 Å². The van der Waals surface area contributed by atoms with Crippen molar-refractivity contribution in [3.05, 3.63) is 28.8 Å². The van der Waals surface area contributed by atoms with Crippen LogP contribution in [0, 0.1) is 6.92 Å². The highest BCUT2D eigenvalue weighted by Gasteiger charge is 2.36. The van der Waals surface area contributed by atoms with Crippen LogP contribution in [0.4, 0.5) is 5.69 Å². The number of nitrogens with two attached hydrogens (primary N) is 1.